The van der Waals surface area contributed by atoms with Crippen LogP contribution in [-0.2, 0) is 13.0 Å². The highest BCUT2D eigenvalue weighted by Gasteiger charge is 2.08. The van der Waals surface area contributed by atoms with Crippen LogP contribution in [-0.4, -0.2) is 13.7 Å². The Hall–Kier alpha value is -2.01. The SMILES string of the molecule is COc1ccc(-c2ccc(CNCCc3ccc(F)cc3)o2)cc1Cl.Cl. The van der Waals surface area contributed by atoms with E-state index in [4.69, 9.17) is 20.8 Å². The molecule has 6 heteroatoms. The van der Waals surface area contributed by atoms with Crippen LogP contribution in [0.2, 0.25) is 5.02 Å². The number of methoxy groups -OCH3 is 1. The Morgan fingerprint density at radius 3 is 2.54 bits per heavy atom. The summed E-state index contributed by atoms with van der Waals surface area (Å²) in [5.74, 6) is 2.04. The third kappa shape index (κ3) is 5.24. The van der Waals surface area contributed by atoms with Gasteiger partial charge >= 0.3 is 0 Å². The molecule has 26 heavy (non-hydrogen) atoms. The summed E-state index contributed by atoms with van der Waals surface area (Å²) in [7, 11) is 1.59. The average molecular weight is 396 g/mol. The van der Waals surface area contributed by atoms with Gasteiger partial charge in [-0.25, -0.2) is 4.39 Å². The van der Waals surface area contributed by atoms with Crippen molar-refractivity contribution in [3.63, 3.8) is 0 Å². The fourth-order valence-corrected chi connectivity index (χ4v) is 2.80. The number of halogens is 3. The van der Waals surface area contributed by atoms with E-state index in [1.165, 1.54) is 12.1 Å². The summed E-state index contributed by atoms with van der Waals surface area (Å²) in [6.45, 7) is 1.42. The summed E-state index contributed by atoms with van der Waals surface area (Å²) in [5, 5.41) is 3.88. The molecule has 0 saturated carbocycles. The van der Waals surface area contributed by atoms with E-state index in [9.17, 15) is 4.39 Å². The molecule has 1 aromatic heterocycles. The van der Waals surface area contributed by atoms with E-state index in [2.05, 4.69) is 5.32 Å². The maximum absolute atomic E-state index is 12.9. The number of benzene rings is 2. The fraction of sp³-hybridized carbons (Fsp3) is 0.200. The molecule has 0 spiro atoms. The molecule has 0 aliphatic rings. The van der Waals surface area contributed by atoms with Crippen molar-refractivity contribution in [2.75, 3.05) is 13.7 Å². The van der Waals surface area contributed by atoms with Gasteiger partial charge in [0.1, 0.15) is 23.1 Å². The molecular formula is C20H20Cl2FNO2. The van der Waals surface area contributed by atoms with Gasteiger partial charge in [-0.2, -0.15) is 0 Å². The zero-order chi connectivity index (χ0) is 17.6. The Morgan fingerprint density at radius 1 is 1.08 bits per heavy atom. The lowest BCUT2D eigenvalue weighted by Crippen LogP contribution is -2.16. The van der Waals surface area contributed by atoms with Crippen molar-refractivity contribution in [1.29, 1.82) is 0 Å². The Balaban J connectivity index is 0.00000243. The molecule has 0 radical (unpaired) electrons. The smallest absolute Gasteiger partial charge is 0.137 e. The summed E-state index contributed by atoms with van der Waals surface area (Å²) >= 11 is 6.15. The maximum atomic E-state index is 12.9. The highest BCUT2D eigenvalue weighted by molar-refractivity contribution is 6.32. The molecule has 0 aliphatic carbocycles. The molecule has 1 N–H and O–H groups in total. The van der Waals surface area contributed by atoms with Crippen molar-refractivity contribution >= 4 is 24.0 Å². The number of ether oxygens (including phenoxy) is 1. The second kappa shape index (κ2) is 9.62. The first-order valence-corrected chi connectivity index (χ1v) is 8.41. The van der Waals surface area contributed by atoms with Crippen LogP contribution >= 0.6 is 24.0 Å². The van der Waals surface area contributed by atoms with Gasteiger partial charge in [0.25, 0.3) is 0 Å². The van der Waals surface area contributed by atoms with Crippen LogP contribution in [0, 0.1) is 5.82 Å². The summed E-state index contributed by atoms with van der Waals surface area (Å²) in [5.41, 5.74) is 2.00. The zero-order valence-corrected chi connectivity index (χ0v) is 15.9. The summed E-state index contributed by atoms with van der Waals surface area (Å²) in [6, 6.07) is 16.0. The summed E-state index contributed by atoms with van der Waals surface area (Å²) < 4.78 is 23.9. The molecule has 3 aromatic rings. The van der Waals surface area contributed by atoms with Crippen LogP contribution in [0.15, 0.2) is 59.0 Å². The predicted octanol–water partition coefficient (Wildman–Crippen LogP) is 5.50. The minimum atomic E-state index is -0.210. The third-order valence-electron chi connectivity index (χ3n) is 3.90. The van der Waals surface area contributed by atoms with E-state index in [-0.39, 0.29) is 18.2 Å². The van der Waals surface area contributed by atoms with E-state index in [0.29, 0.717) is 17.3 Å². The Labute approximate surface area is 163 Å². The van der Waals surface area contributed by atoms with E-state index in [0.717, 1.165) is 35.6 Å². The predicted molar refractivity (Wildman–Crippen MR) is 105 cm³/mol. The van der Waals surface area contributed by atoms with Crippen LogP contribution in [0.25, 0.3) is 11.3 Å². The van der Waals surface area contributed by atoms with Gasteiger partial charge < -0.3 is 14.5 Å². The van der Waals surface area contributed by atoms with Crippen molar-refractivity contribution < 1.29 is 13.5 Å². The van der Waals surface area contributed by atoms with Crippen molar-refractivity contribution in [3.8, 4) is 17.1 Å². The van der Waals surface area contributed by atoms with Gasteiger partial charge in [-0.1, -0.05) is 23.7 Å². The van der Waals surface area contributed by atoms with Crippen LogP contribution in [0.3, 0.4) is 0 Å². The minimum Gasteiger partial charge on any atom is -0.495 e. The molecular weight excluding hydrogens is 376 g/mol. The van der Waals surface area contributed by atoms with Crippen LogP contribution in [0.5, 0.6) is 5.75 Å². The quantitative estimate of drug-likeness (QED) is 0.536. The van der Waals surface area contributed by atoms with Gasteiger partial charge in [0.2, 0.25) is 0 Å². The second-order valence-corrected chi connectivity index (χ2v) is 6.08. The number of nitrogens with one attached hydrogen (secondary N) is 1. The lowest BCUT2D eigenvalue weighted by Gasteiger charge is -2.05. The molecule has 1 heterocycles. The molecule has 2 aromatic carbocycles. The van der Waals surface area contributed by atoms with Gasteiger partial charge in [-0.3, -0.25) is 0 Å². The Bertz CT molecular complexity index is 834. The first kappa shape index (κ1) is 20.3. The van der Waals surface area contributed by atoms with Crippen LogP contribution in [0.1, 0.15) is 11.3 Å². The molecule has 0 fully saturated rings. The molecule has 138 valence electrons. The van der Waals surface area contributed by atoms with Crippen molar-refractivity contribution in [3.05, 3.63) is 76.8 Å². The molecule has 3 rings (SSSR count). The number of hydrogen-bond donors (Lipinski definition) is 1. The highest BCUT2D eigenvalue weighted by Crippen LogP contribution is 2.31. The van der Waals surface area contributed by atoms with Crippen LogP contribution < -0.4 is 10.1 Å². The summed E-state index contributed by atoms with van der Waals surface area (Å²) in [4.78, 5) is 0. The Kier molecular flexibility index (Phi) is 7.51. The number of rotatable bonds is 7. The van der Waals surface area contributed by atoms with Gasteiger partial charge in [0, 0.05) is 5.56 Å². The van der Waals surface area contributed by atoms with E-state index in [1.807, 2.05) is 30.3 Å². The van der Waals surface area contributed by atoms with Crippen LogP contribution in [0.4, 0.5) is 4.39 Å². The Morgan fingerprint density at radius 2 is 1.85 bits per heavy atom. The first-order chi connectivity index (χ1) is 12.2. The largest absolute Gasteiger partial charge is 0.495 e. The molecule has 0 atom stereocenters. The molecule has 0 bridgehead atoms. The van der Waals surface area contributed by atoms with E-state index >= 15 is 0 Å². The third-order valence-corrected chi connectivity index (χ3v) is 4.20. The van der Waals surface area contributed by atoms with E-state index < -0.39 is 0 Å². The first-order valence-electron chi connectivity index (χ1n) is 8.03. The van der Waals surface area contributed by atoms with E-state index in [1.54, 1.807) is 19.2 Å². The van der Waals surface area contributed by atoms with Crippen molar-refractivity contribution in [1.82, 2.24) is 5.32 Å². The average Bonchev–Trinajstić information content (AvgIpc) is 3.09. The molecule has 0 aliphatic heterocycles. The van der Waals surface area contributed by atoms with Crippen molar-refractivity contribution in [2.24, 2.45) is 0 Å². The zero-order valence-electron chi connectivity index (χ0n) is 14.3. The fourth-order valence-electron chi connectivity index (χ4n) is 2.54. The molecule has 0 amide bonds. The second-order valence-electron chi connectivity index (χ2n) is 5.67. The maximum Gasteiger partial charge on any atom is 0.137 e. The lowest BCUT2D eigenvalue weighted by atomic mass is 10.1. The monoisotopic (exact) mass is 395 g/mol. The molecule has 0 unspecified atom stereocenters. The topological polar surface area (TPSA) is 34.4 Å². The van der Waals surface area contributed by atoms with Gasteiger partial charge in [-0.05, 0) is 61.0 Å². The van der Waals surface area contributed by atoms with Crippen molar-refractivity contribution in [2.45, 2.75) is 13.0 Å². The minimum absolute atomic E-state index is 0. The molecule has 0 saturated heterocycles. The normalized spacial score (nSPS) is 10.4. The standard InChI is InChI=1S/C20H19ClFNO2.ClH/c1-24-20-8-4-15(12-18(20)21)19-9-7-17(25-19)13-23-11-10-14-2-5-16(22)6-3-14;/h2-9,12,23H,10-11,13H2,1H3;1H. The number of furan rings is 1. The molecule has 3 nitrogen and oxygen atoms in total. The number of hydrogen-bond acceptors (Lipinski definition) is 3. The summed E-state index contributed by atoms with van der Waals surface area (Å²) in [6.07, 6.45) is 0.835. The lowest BCUT2D eigenvalue weighted by molar-refractivity contribution is 0.415. The van der Waals surface area contributed by atoms with Gasteiger partial charge in [0.15, 0.2) is 0 Å². The highest BCUT2D eigenvalue weighted by atomic mass is 35.5. The van der Waals surface area contributed by atoms with Gasteiger partial charge in [0.05, 0.1) is 18.7 Å². The van der Waals surface area contributed by atoms with Gasteiger partial charge in [-0.15, -0.1) is 12.4 Å².